The molecule has 0 saturated carbocycles. The van der Waals surface area contributed by atoms with Crippen molar-refractivity contribution in [3.05, 3.63) is 0 Å². The number of hydrogen-bond acceptors (Lipinski definition) is 14. The van der Waals surface area contributed by atoms with E-state index in [-0.39, 0.29) is 12.6 Å². The summed E-state index contributed by atoms with van der Waals surface area (Å²) in [6, 6.07) is 0. The fourth-order valence-electron chi connectivity index (χ4n) is 3.56. The third-order valence-electron chi connectivity index (χ3n) is 6.04. The number of carbonyl (C=O) groups excluding carboxylic acids is 1. The van der Waals surface area contributed by atoms with Gasteiger partial charge >= 0.3 is 5.97 Å². The highest BCUT2D eigenvalue weighted by Crippen LogP contribution is 2.03. The predicted molar refractivity (Wildman–Crippen MR) is 183 cm³/mol. The zero-order valence-corrected chi connectivity index (χ0v) is 31.1. The molecule has 0 aromatic rings. The van der Waals surface area contributed by atoms with E-state index in [1.807, 2.05) is 0 Å². The summed E-state index contributed by atoms with van der Waals surface area (Å²) in [6.45, 7) is 14.7. The predicted octanol–water partition coefficient (Wildman–Crippen LogP) is 3.09. The van der Waals surface area contributed by atoms with E-state index in [9.17, 15) is 4.79 Å². The smallest absolute Gasteiger partial charge is 0.305 e. The second kappa shape index (κ2) is 44.5. The SMILES string of the molecule is CCCCCCC(=O)OCCOCCOCCOCCOCCOCCOCCOCCOCCOCCOCCOCCOCCBr. The van der Waals surface area contributed by atoms with Crippen molar-refractivity contribution in [1.82, 2.24) is 0 Å². The molecule has 0 spiro atoms. The molecule has 0 aromatic heterocycles. The van der Waals surface area contributed by atoms with Crippen LogP contribution in [-0.4, -0.2) is 176 Å². The molecule has 0 radical (unpaired) electrons. The first kappa shape index (κ1) is 47.5. The molecule has 0 aliphatic rings. The van der Waals surface area contributed by atoms with Crippen molar-refractivity contribution in [2.75, 3.05) is 171 Å². The Balaban J connectivity index is 3.07. The van der Waals surface area contributed by atoms with Crippen molar-refractivity contribution in [3.63, 3.8) is 0 Å². The summed E-state index contributed by atoms with van der Waals surface area (Å²) in [5.41, 5.74) is 0. The Kier molecular flexibility index (Phi) is 44.0. The van der Waals surface area contributed by atoms with Crippen molar-refractivity contribution in [1.29, 1.82) is 0 Å². The zero-order chi connectivity index (χ0) is 34.7. The van der Waals surface area contributed by atoms with Crippen molar-refractivity contribution in [3.8, 4) is 0 Å². The molecule has 0 N–H and O–H groups in total. The minimum Gasteiger partial charge on any atom is -0.463 e. The van der Waals surface area contributed by atoms with E-state index in [1.165, 1.54) is 0 Å². The number of esters is 1. The fraction of sp³-hybridized carbons (Fsp3) is 0.970. The lowest BCUT2D eigenvalue weighted by atomic mass is 10.2. The molecule has 0 rings (SSSR count). The lowest BCUT2D eigenvalue weighted by molar-refractivity contribution is -0.145. The molecular formula is C33H65BrO14. The summed E-state index contributed by atoms with van der Waals surface area (Å²) in [7, 11) is 0. The van der Waals surface area contributed by atoms with Gasteiger partial charge in [-0.3, -0.25) is 4.79 Å². The fourth-order valence-corrected chi connectivity index (χ4v) is 3.79. The van der Waals surface area contributed by atoms with Crippen molar-refractivity contribution >= 4 is 21.9 Å². The summed E-state index contributed by atoms with van der Waals surface area (Å²) in [5.74, 6) is -0.153. The molecule has 14 nitrogen and oxygen atoms in total. The number of halogens is 1. The number of alkyl halides is 1. The van der Waals surface area contributed by atoms with Gasteiger partial charge in [0, 0.05) is 11.8 Å². The van der Waals surface area contributed by atoms with Gasteiger partial charge in [-0.2, -0.15) is 0 Å². The van der Waals surface area contributed by atoms with E-state index in [1.54, 1.807) is 0 Å². The second-order valence-corrected chi connectivity index (χ2v) is 10.9. The molecule has 0 aliphatic carbocycles. The summed E-state index contributed by atoms with van der Waals surface area (Å²) >= 11 is 3.30. The molecule has 0 heterocycles. The molecule has 15 heteroatoms. The number of unbranched alkanes of at least 4 members (excludes halogenated alkanes) is 3. The minimum atomic E-state index is -0.153. The van der Waals surface area contributed by atoms with E-state index in [0.717, 1.165) is 31.0 Å². The van der Waals surface area contributed by atoms with Crippen molar-refractivity contribution < 1.29 is 66.4 Å². The van der Waals surface area contributed by atoms with Crippen LogP contribution in [0, 0.1) is 0 Å². The lowest BCUT2D eigenvalue weighted by Crippen LogP contribution is -2.15. The van der Waals surface area contributed by atoms with Crippen molar-refractivity contribution in [2.24, 2.45) is 0 Å². The van der Waals surface area contributed by atoms with Gasteiger partial charge in [0.25, 0.3) is 0 Å². The average Bonchev–Trinajstić information content (AvgIpc) is 3.09. The summed E-state index contributed by atoms with van der Waals surface area (Å²) in [6.07, 6.45) is 4.76. The highest BCUT2D eigenvalue weighted by atomic mass is 79.9. The van der Waals surface area contributed by atoms with Crippen LogP contribution < -0.4 is 0 Å². The van der Waals surface area contributed by atoms with Crippen LogP contribution in [0.15, 0.2) is 0 Å². The van der Waals surface area contributed by atoms with Gasteiger partial charge in [-0.15, -0.1) is 0 Å². The third kappa shape index (κ3) is 43.5. The molecule has 0 saturated heterocycles. The van der Waals surface area contributed by atoms with Crippen LogP contribution in [-0.2, 0) is 66.4 Å². The van der Waals surface area contributed by atoms with Crippen LogP contribution in [0.4, 0.5) is 0 Å². The highest BCUT2D eigenvalue weighted by molar-refractivity contribution is 9.09. The van der Waals surface area contributed by atoms with Crippen molar-refractivity contribution in [2.45, 2.75) is 39.0 Å². The topological polar surface area (TPSA) is 137 Å². The number of ether oxygens (including phenoxy) is 13. The van der Waals surface area contributed by atoms with Crippen LogP contribution in [0.5, 0.6) is 0 Å². The lowest BCUT2D eigenvalue weighted by Gasteiger charge is -2.09. The Morgan fingerprint density at radius 3 is 0.854 bits per heavy atom. The molecule has 0 amide bonds. The Labute approximate surface area is 297 Å². The largest absolute Gasteiger partial charge is 0.463 e. The van der Waals surface area contributed by atoms with E-state index in [2.05, 4.69) is 22.9 Å². The Morgan fingerprint density at radius 1 is 0.354 bits per heavy atom. The first-order valence-electron chi connectivity index (χ1n) is 17.5. The maximum atomic E-state index is 11.5. The third-order valence-corrected chi connectivity index (χ3v) is 6.36. The maximum absolute atomic E-state index is 11.5. The molecule has 0 aromatic carbocycles. The van der Waals surface area contributed by atoms with Gasteiger partial charge in [-0.05, 0) is 6.42 Å². The number of carbonyl (C=O) groups is 1. The first-order valence-corrected chi connectivity index (χ1v) is 18.6. The summed E-state index contributed by atoms with van der Waals surface area (Å²) < 4.78 is 70.4. The van der Waals surface area contributed by atoms with Crippen LogP contribution in [0.25, 0.3) is 0 Å². The van der Waals surface area contributed by atoms with Gasteiger partial charge in [0.1, 0.15) is 6.61 Å². The Morgan fingerprint density at radius 2 is 0.604 bits per heavy atom. The molecule has 0 unspecified atom stereocenters. The summed E-state index contributed by atoms with van der Waals surface area (Å²) in [4.78, 5) is 11.5. The molecule has 48 heavy (non-hydrogen) atoms. The van der Waals surface area contributed by atoms with Crippen LogP contribution in [0.3, 0.4) is 0 Å². The standard InChI is InChI=1S/C33H65BrO14/c1-2-3-4-5-6-33(35)48-32-31-47-30-29-46-28-27-45-26-25-44-24-23-43-22-21-42-20-19-41-18-17-40-16-15-39-14-13-38-12-11-37-10-9-36-8-7-34/h2-32H2,1H3. The van der Waals surface area contributed by atoms with E-state index in [0.29, 0.717) is 165 Å². The molecule has 288 valence electrons. The summed E-state index contributed by atoms with van der Waals surface area (Å²) in [5, 5.41) is 0.835. The molecule has 0 aliphatic heterocycles. The second-order valence-electron chi connectivity index (χ2n) is 10.1. The van der Waals surface area contributed by atoms with Crippen LogP contribution >= 0.6 is 15.9 Å². The highest BCUT2D eigenvalue weighted by Gasteiger charge is 2.02. The molecule has 0 atom stereocenters. The zero-order valence-electron chi connectivity index (χ0n) is 29.5. The average molecular weight is 766 g/mol. The minimum absolute atomic E-state index is 0.153. The molecular weight excluding hydrogens is 700 g/mol. The number of hydrogen-bond donors (Lipinski definition) is 0. The normalized spacial score (nSPS) is 11.5. The van der Waals surface area contributed by atoms with Gasteiger partial charge in [0.15, 0.2) is 0 Å². The maximum Gasteiger partial charge on any atom is 0.305 e. The van der Waals surface area contributed by atoms with Gasteiger partial charge in [-0.1, -0.05) is 42.1 Å². The van der Waals surface area contributed by atoms with Gasteiger partial charge in [-0.25, -0.2) is 0 Å². The first-order chi connectivity index (χ1) is 23.8. The quantitative estimate of drug-likeness (QED) is 0.0511. The van der Waals surface area contributed by atoms with Crippen LogP contribution in [0.1, 0.15) is 39.0 Å². The van der Waals surface area contributed by atoms with E-state index >= 15 is 0 Å². The van der Waals surface area contributed by atoms with Gasteiger partial charge in [0.2, 0.25) is 0 Å². The van der Waals surface area contributed by atoms with Gasteiger partial charge < -0.3 is 61.6 Å². The Bertz CT molecular complexity index is 609. The van der Waals surface area contributed by atoms with Gasteiger partial charge in [0.05, 0.1) is 159 Å². The number of rotatable bonds is 43. The van der Waals surface area contributed by atoms with Crippen LogP contribution in [0.2, 0.25) is 0 Å². The molecule has 0 fully saturated rings. The molecule has 0 bridgehead atoms. The Hall–Kier alpha value is -0.530. The van der Waals surface area contributed by atoms with E-state index < -0.39 is 0 Å². The van der Waals surface area contributed by atoms with E-state index in [4.69, 9.17) is 61.6 Å². The monoisotopic (exact) mass is 764 g/mol.